The van der Waals surface area contributed by atoms with E-state index in [2.05, 4.69) is 30.3 Å². The van der Waals surface area contributed by atoms with Crippen LogP contribution in [0.4, 0.5) is 5.95 Å². The number of nitrogens with one attached hydrogen (secondary N) is 1. The number of nitrogens with zero attached hydrogens (tertiary/aromatic N) is 5. The maximum atomic E-state index is 5.30. The standard InChI is InChI=1S/C11H15N7OS/c1-5-6(2)13-10(14-7(5)3)20-11-16-8(18-12)15-9(17-11)19-4/h12H2,1-4H3,(H,15,16,17,18). The zero-order valence-electron chi connectivity index (χ0n) is 11.6. The van der Waals surface area contributed by atoms with Gasteiger partial charge in [-0.3, -0.25) is 5.43 Å². The largest absolute Gasteiger partial charge is 0.467 e. The summed E-state index contributed by atoms with van der Waals surface area (Å²) in [5.41, 5.74) is 5.30. The van der Waals surface area contributed by atoms with Crippen molar-refractivity contribution in [1.29, 1.82) is 0 Å². The SMILES string of the molecule is COc1nc(NN)nc(Sc2nc(C)c(C)c(C)n2)n1. The van der Waals surface area contributed by atoms with E-state index < -0.39 is 0 Å². The van der Waals surface area contributed by atoms with Gasteiger partial charge in [0.15, 0.2) is 5.16 Å². The van der Waals surface area contributed by atoms with Gasteiger partial charge in [0.25, 0.3) is 0 Å². The van der Waals surface area contributed by atoms with Crippen molar-refractivity contribution in [3.63, 3.8) is 0 Å². The van der Waals surface area contributed by atoms with E-state index in [0.717, 1.165) is 17.0 Å². The van der Waals surface area contributed by atoms with E-state index in [0.29, 0.717) is 10.3 Å². The van der Waals surface area contributed by atoms with Gasteiger partial charge in [0, 0.05) is 11.4 Å². The minimum atomic E-state index is 0.177. The molecular weight excluding hydrogens is 278 g/mol. The molecule has 0 spiro atoms. The van der Waals surface area contributed by atoms with E-state index in [4.69, 9.17) is 10.6 Å². The molecule has 3 N–H and O–H groups in total. The first kappa shape index (κ1) is 14.4. The van der Waals surface area contributed by atoms with Gasteiger partial charge in [0.05, 0.1) is 7.11 Å². The average Bonchev–Trinajstić information content (AvgIpc) is 2.44. The molecule has 0 bridgehead atoms. The number of hydrazine groups is 1. The Labute approximate surface area is 120 Å². The van der Waals surface area contributed by atoms with Crippen molar-refractivity contribution in [3.05, 3.63) is 17.0 Å². The van der Waals surface area contributed by atoms with Crippen LogP contribution in [0.25, 0.3) is 0 Å². The number of anilines is 1. The summed E-state index contributed by atoms with van der Waals surface area (Å²) in [6, 6.07) is 0.177. The Morgan fingerprint density at radius 2 is 1.55 bits per heavy atom. The van der Waals surface area contributed by atoms with Gasteiger partial charge in [-0.05, 0) is 38.1 Å². The monoisotopic (exact) mass is 293 g/mol. The molecule has 0 aliphatic rings. The smallest absolute Gasteiger partial charge is 0.322 e. The second-order valence-electron chi connectivity index (χ2n) is 3.98. The van der Waals surface area contributed by atoms with E-state index in [-0.39, 0.29) is 12.0 Å². The number of rotatable bonds is 4. The van der Waals surface area contributed by atoms with Crippen LogP contribution in [-0.2, 0) is 0 Å². The van der Waals surface area contributed by atoms with E-state index in [9.17, 15) is 0 Å². The molecule has 106 valence electrons. The number of nitrogens with two attached hydrogens (primary N) is 1. The Morgan fingerprint density at radius 1 is 0.950 bits per heavy atom. The van der Waals surface area contributed by atoms with E-state index in [1.165, 1.54) is 18.9 Å². The zero-order chi connectivity index (χ0) is 14.7. The summed E-state index contributed by atoms with van der Waals surface area (Å²) in [5, 5.41) is 0.981. The first-order valence-electron chi connectivity index (χ1n) is 5.80. The maximum Gasteiger partial charge on any atom is 0.322 e. The molecule has 0 aliphatic heterocycles. The number of hydrogen-bond donors (Lipinski definition) is 2. The third-order valence-electron chi connectivity index (χ3n) is 2.70. The van der Waals surface area contributed by atoms with Crippen LogP contribution in [0.1, 0.15) is 17.0 Å². The summed E-state index contributed by atoms with van der Waals surface area (Å²) >= 11 is 1.22. The Kier molecular flexibility index (Phi) is 4.30. The Hall–Kier alpha value is -2.00. The summed E-state index contributed by atoms with van der Waals surface area (Å²) < 4.78 is 4.99. The van der Waals surface area contributed by atoms with Crippen molar-refractivity contribution in [2.24, 2.45) is 5.84 Å². The van der Waals surface area contributed by atoms with E-state index in [1.807, 2.05) is 20.8 Å². The number of aryl methyl sites for hydroxylation is 2. The van der Waals surface area contributed by atoms with Crippen molar-refractivity contribution in [2.75, 3.05) is 12.5 Å². The van der Waals surface area contributed by atoms with Gasteiger partial charge in [0.1, 0.15) is 0 Å². The molecule has 0 saturated heterocycles. The molecular formula is C11H15N7OS. The van der Waals surface area contributed by atoms with Gasteiger partial charge < -0.3 is 4.74 Å². The molecule has 0 unspecified atom stereocenters. The number of methoxy groups -OCH3 is 1. The highest BCUT2D eigenvalue weighted by Gasteiger charge is 2.11. The lowest BCUT2D eigenvalue weighted by Crippen LogP contribution is -2.12. The van der Waals surface area contributed by atoms with Crippen LogP contribution >= 0.6 is 11.8 Å². The van der Waals surface area contributed by atoms with Crippen LogP contribution in [0.2, 0.25) is 0 Å². The molecule has 0 fully saturated rings. The van der Waals surface area contributed by atoms with Crippen molar-refractivity contribution in [2.45, 2.75) is 31.1 Å². The third kappa shape index (κ3) is 3.11. The molecule has 20 heavy (non-hydrogen) atoms. The van der Waals surface area contributed by atoms with Gasteiger partial charge in [-0.15, -0.1) is 0 Å². The molecule has 0 amide bonds. The van der Waals surface area contributed by atoms with Gasteiger partial charge in [-0.1, -0.05) is 0 Å². The summed E-state index contributed by atoms with van der Waals surface area (Å²) in [4.78, 5) is 21.0. The predicted octanol–water partition coefficient (Wildman–Crippen LogP) is 1.03. The minimum Gasteiger partial charge on any atom is -0.467 e. The second kappa shape index (κ2) is 5.97. The lowest BCUT2D eigenvalue weighted by atomic mass is 10.2. The Morgan fingerprint density at radius 3 is 2.10 bits per heavy atom. The Balaban J connectivity index is 2.34. The quantitative estimate of drug-likeness (QED) is 0.485. The molecule has 2 heterocycles. The fourth-order valence-electron chi connectivity index (χ4n) is 1.41. The molecule has 0 saturated carbocycles. The highest BCUT2D eigenvalue weighted by Crippen LogP contribution is 2.24. The predicted molar refractivity (Wildman–Crippen MR) is 74.6 cm³/mol. The van der Waals surface area contributed by atoms with Crippen LogP contribution < -0.4 is 16.0 Å². The molecule has 2 rings (SSSR count). The summed E-state index contributed by atoms with van der Waals surface area (Å²) in [6.07, 6.45) is 0. The summed E-state index contributed by atoms with van der Waals surface area (Å²) in [7, 11) is 1.47. The molecule has 2 aromatic heterocycles. The normalized spacial score (nSPS) is 10.4. The lowest BCUT2D eigenvalue weighted by molar-refractivity contribution is 0.373. The second-order valence-corrected chi connectivity index (χ2v) is 4.91. The van der Waals surface area contributed by atoms with Crippen LogP contribution in [0.5, 0.6) is 6.01 Å². The number of ether oxygens (including phenoxy) is 1. The first-order chi connectivity index (χ1) is 9.53. The average molecular weight is 293 g/mol. The lowest BCUT2D eigenvalue weighted by Gasteiger charge is -2.07. The molecule has 0 radical (unpaired) electrons. The van der Waals surface area contributed by atoms with Gasteiger partial charge in [0.2, 0.25) is 11.1 Å². The van der Waals surface area contributed by atoms with Crippen LogP contribution in [-0.4, -0.2) is 32.0 Å². The highest BCUT2D eigenvalue weighted by atomic mass is 32.2. The fourth-order valence-corrected chi connectivity index (χ4v) is 2.19. The number of aromatic nitrogens is 5. The van der Waals surface area contributed by atoms with Gasteiger partial charge in [-0.25, -0.2) is 15.8 Å². The molecule has 8 nitrogen and oxygen atoms in total. The van der Waals surface area contributed by atoms with Crippen molar-refractivity contribution < 1.29 is 4.74 Å². The Bertz CT molecular complexity index is 589. The van der Waals surface area contributed by atoms with Crippen LogP contribution in [0.3, 0.4) is 0 Å². The van der Waals surface area contributed by atoms with E-state index in [1.54, 1.807) is 0 Å². The third-order valence-corrected chi connectivity index (χ3v) is 3.43. The maximum absolute atomic E-state index is 5.30. The van der Waals surface area contributed by atoms with Gasteiger partial charge in [-0.2, -0.15) is 15.0 Å². The number of nitrogen functional groups attached to an aromatic ring is 1. The minimum absolute atomic E-state index is 0.177. The fraction of sp³-hybridized carbons (Fsp3) is 0.364. The molecule has 2 aromatic rings. The topological polar surface area (TPSA) is 112 Å². The van der Waals surface area contributed by atoms with Crippen molar-refractivity contribution in [3.8, 4) is 6.01 Å². The highest BCUT2D eigenvalue weighted by molar-refractivity contribution is 7.99. The zero-order valence-corrected chi connectivity index (χ0v) is 12.4. The molecule has 0 aliphatic carbocycles. The van der Waals surface area contributed by atoms with Crippen LogP contribution in [0.15, 0.2) is 10.3 Å². The number of hydrogen-bond acceptors (Lipinski definition) is 9. The van der Waals surface area contributed by atoms with Crippen molar-refractivity contribution >= 4 is 17.7 Å². The summed E-state index contributed by atoms with van der Waals surface area (Å²) in [6.45, 7) is 5.87. The van der Waals surface area contributed by atoms with Crippen LogP contribution in [0, 0.1) is 20.8 Å². The molecule has 9 heteroatoms. The summed E-state index contributed by atoms with van der Waals surface area (Å²) in [5.74, 6) is 5.53. The molecule has 0 atom stereocenters. The molecule has 0 aromatic carbocycles. The first-order valence-corrected chi connectivity index (χ1v) is 6.61. The van der Waals surface area contributed by atoms with Gasteiger partial charge >= 0.3 is 6.01 Å². The van der Waals surface area contributed by atoms with Crippen molar-refractivity contribution in [1.82, 2.24) is 24.9 Å². The van der Waals surface area contributed by atoms with E-state index >= 15 is 0 Å².